The third kappa shape index (κ3) is 4.78. The molecular weight excluding hydrogens is 430 g/mol. The number of nitrogens with one attached hydrogen (secondary N) is 1. The first-order chi connectivity index (χ1) is 16.5. The number of hydrogen-bond acceptors (Lipinski definition) is 5. The molecule has 4 rings (SSSR count). The summed E-state index contributed by atoms with van der Waals surface area (Å²) in [6.07, 6.45) is 0. The van der Waals surface area contributed by atoms with E-state index >= 15 is 0 Å². The maximum absolute atomic E-state index is 12.8. The van der Waals surface area contributed by atoms with E-state index in [1.807, 2.05) is 36.4 Å². The van der Waals surface area contributed by atoms with Gasteiger partial charge in [0.05, 0.1) is 11.0 Å². The Labute approximate surface area is 197 Å². The monoisotopic (exact) mass is 457 g/mol. The lowest BCUT2D eigenvalue weighted by molar-refractivity contribution is -0.147. The SMILES string of the molecule is CCN(CC)c1ccc(NC(=O)COC(=O)Cn2c3ccccc3c(=O)c3ccccc32)cc1. The molecule has 0 bridgehead atoms. The predicted molar refractivity (Wildman–Crippen MR) is 135 cm³/mol. The molecule has 0 aliphatic carbocycles. The quantitative estimate of drug-likeness (QED) is 0.317. The number of ether oxygens (including phenoxy) is 1. The molecule has 1 heterocycles. The second kappa shape index (κ2) is 10.2. The maximum Gasteiger partial charge on any atom is 0.326 e. The van der Waals surface area contributed by atoms with E-state index < -0.39 is 18.5 Å². The molecule has 1 N–H and O–H groups in total. The summed E-state index contributed by atoms with van der Waals surface area (Å²) in [5.74, 6) is -0.982. The third-order valence-electron chi connectivity index (χ3n) is 5.81. The summed E-state index contributed by atoms with van der Waals surface area (Å²) in [5.41, 5.74) is 2.91. The molecular formula is C27H27N3O4. The van der Waals surface area contributed by atoms with Crippen molar-refractivity contribution in [3.05, 3.63) is 83.0 Å². The summed E-state index contributed by atoms with van der Waals surface area (Å²) in [7, 11) is 0. The lowest BCUT2D eigenvalue weighted by Crippen LogP contribution is -2.24. The molecule has 0 aliphatic rings. The molecule has 3 aromatic carbocycles. The maximum atomic E-state index is 12.8. The molecule has 0 saturated heterocycles. The van der Waals surface area contributed by atoms with E-state index in [9.17, 15) is 14.4 Å². The fourth-order valence-corrected chi connectivity index (χ4v) is 4.11. The minimum atomic E-state index is -0.564. The number of rotatable bonds is 8. The van der Waals surface area contributed by atoms with Crippen molar-refractivity contribution in [3.63, 3.8) is 0 Å². The molecule has 0 aliphatic heterocycles. The number of pyridine rings is 1. The van der Waals surface area contributed by atoms with E-state index in [4.69, 9.17) is 4.74 Å². The smallest absolute Gasteiger partial charge is 0.326 e. The Hall–Kier alpha value is -4.13. The van der Waals surface area contributed by atoms with Gasteiger partial charge in [-0.05, 0) is 62.4 Å². The Morgan fingerprint density at radius 2 is 1.41 bits per heavy atom. The summed E-state index contributed by atoms with van der Waals surface area (Å²) >= 11 is 0. The van der Waals surface area contributed by atoms with Gasteiger partial charge in [0, 0.05) is 35.2 Å². The zero-order chi connectivity index (χ0) is 24.1. The zero-order valence-corrected chi connectivity index (χ0v) is 19.3. The van der Waals surface area contributed by atoms with Crippen molar-refractivity contribution in [2.24, 2.45) is 0 Å². The van der Waals surface area contributed by atoms with E-state index in [1.54, 1.807) is 41.0 Å². The van der Waals surface area contributed by atoms with Crippen molar-refractivity contribution in [2.75, 3.05) is 29.9 Å². The molecule has 1 aromatic heterocycles. The standard InChI is InChI=1S/C27H27N3O4/c1-3-29(4-2)20-15-13-19(14-16-20)28-25(31)18-34-26(32)17-30-23-11-7-5-9-21(23)27(33)22-10-6-8-12-24(22)30/h5-16H,3-4,17-18H2,1-2H3,(H,28,31). The largest absolute Gasteiger partial charge is 0.454 e. The first-order valence-electron chi connectivity index (χ1n) is 11.3. The molecule has 0 unspecified atom stereocenters. The molecule has 0 spiro atoms. The number of benzene rings is 3. The molecule has 4 aromatic rings. The van der Waals surface area contributed by atoms with Gasteiger partial charge in [0.25, 0.3) is 5.91 Å². The van der Waals surface area contributed by atoms with Crippen LogP contribution in [-0.4, -0.2) is 36.1 Å². The number of hydrogen-bond donors (Lipinski definition) is 1. The normalized spacial score (nSPS) is 10.9. The molecule has 34 heavy (non-hydrogen) atoms. The Morgan fingerprint density at radius 3 is 1.97 bits per heavy atom. The van der Waals surface area contributed by atoms with E-state index in [-0.39, 0.29) is 12.0 Å². The van der Waals surface area contributed by atoms with Crippen molar-refractivity contribution in [1.82, 2.24) is 4.57 Å². The number of para-hydroxylation sites is 2. The summed E-state index contributed by atoms with van der Waals surface area (Å²) < 4.78 is 6.99. The molecule has 0 radical (unpaired) electrons. The summed E-state index contributed by atoms with van der Waals surface area (Å²) in [5, 5.41) is 3.80. The highest BCUT2D eigenvalue weighted by Gasteiger charge is 2.15. The van der Waals surface area contributed by atoms with Gasteiger partial charge in [0.1, 0.15) is 6.54 Å². The van der Waals surface area contributed by atoms with Gasteiger partial charge in [-0.25, -0.2) is 0 Å². The van der Waals surface area contributed by atoms with Gasteiger partial charge in [-0.15, -0.1) is 0 Å². The minimum Gasteiger partial charge on any atom is -0.454 e. The fraction of sp³-hybridized carbons (Fsp3) is 0.222. The summed E-state index contributed by atoms with van der Waals surface area (Å²) in [6.45, 7) is 5.47. The second-order valence-electron chi connectivity index (χ2n) is 7.88. The Balaban J connectivity index is 1.44. The molecule has 7 heteroatoms. The average Bonchev–Trinajstić information content (AvgIpc) is 2.87. The van der Waals surface area contributed by atoms with Crippen molar-refractivity contribution >= 4 is 45.1 Å². The first kappa shape index (κ1) is 23.0. The van der Waals surface area contributed by atoms with Gasteiger partial charge in [0.2, 0.25) is 0 Å². The second-order valence-corrected chi connectivity index (χ2v) is 7.88. The fourth-order valence-electron chi connectivity index (χ4n) is 4.11. The van der Waals surface area contributed by atoms with E-state index in [1.165, 1.54) is 0 Å². The third-order valence-corrected chi connectivity index (χ3v) is 5.81. The van der Waals surface area contributed by atoms with Gasteiger partial charge in [-0.1, -0.05) is 24.3 Å². The van der Waals surface area contributed by atoms with Crippen LogP contribution in [-0.2, 0) is 20.9 Å². The lowest BCUT2D eigenvalue weighted by atomic mass is 10.1. The molecule has 1 amide bonds. The Kier molecular flexibility index (Phi) is 6.92. The molecule has 0 fully saturated rings. The number of amides is 1. The van der Waals surface area contributed by atoms with Crippen LogP contribution in [0.4, 0.5) is 11.4 Å². The highest BCUT2D eigenvalue weighted by Crippen LogP contribution is 2.20. The molecule has 0 atom stereocenters. The van der Waals surface area contributed by atoms with Gasteiger partial charge in [0.15, 0.2) is 12.0 Å². The Bertz CT molecular complexity index is 1330. The molecule has 0 saturated carbocycles. The van der Waals surface area contributed by atoms with Gasteiger partial charge < -0.3 is 19.5 Å². The zero-order valence-electron chi connectivity index (χ0n) is 19.3. The number of aromatic nitrogens is 1. The average molecular weight is 458 g/mol. The highest BCUT2D eigenvalue weighted by molar-refractivity contribution is 5.95. The number of carbonyl (C=O) groups excluding carboxylic acids is 2. The molecule has 174 valence electrons. The number of carbonyl (C=O) groups is 2. The van der Waals surface area contributed by atoms with E-state index in [0.717, 1.165) is 18.8 Å². The van der Waals surface area contributed by atoms with Crippen molar-refractivity contribution in [2.45, 2.75) is 20.4 Å². The first-order valence-corrected chi connectivity index (χ1v) is 11.3. The van der Waals surface area contributed by atoms with Crippen LogP contribution in [0.2, 0.25) is 0 Å². The van der Waals surface area contributed by atoms with Crippen LogP contribution in [0.25, 0.3) is 21.8 Å². The predicted octanol–water partition coefficient (Wildman–Crippen LogP) is 4.18. The van der Waals surface area contributed by atoms with Gasteiger partial charge in [-0.3, -0.25) is 14.4 Å². The van der Waals surface area contributed by atoms with Crippen LogP contribution >= 0.6 is 0 Å². The van der Waals surface area contributed by atoms with Gasteiger partial charge >= 0.3 is 5.97 Å². The van der Waals surface area contributed by atoms with Gasteiger partial charge in [-0.2, -0.15) is 0 Å². The Morgan fingerprint density at radius 1 is 0.853 bits per heavy atom. The van der Waals surface area contributed by atoms with Crippen molar-refractivity contribution in [1.29, 1.82) is 0 Å². The van der Waals surface area contributed by atoms with Crippen LogP contribution in [0.15, 0.2) is 77.6 Å². The van der Waals surface area contributed by atoms with Crippen molar-refractivity contribution < 1.29 is 14.3 Å². The van der Waals surface area contributed by atoms with Crippen molar-refractivity contribution in [3.8, 4) is 0 Å². The lowest BCUT2D eigenvalue weighted by Gasteiger charge is -2.21. The van der Waals surface area contributed by atoms with Crippen LogP contribution in [0.3, 0.4) is 0 Å². The van der Waals surface area contributed by atoms with E-state index in [2.05, 4.69) is 24.1 Å². The number of anilines is 2. The van der Waals surface area contributed by atoms with Crippen LogP contribution < -0.4 is 15.6 Å². The minimum absolute atomic E-state index is 0.0813. The number of esters is 1. The number of fused-ring (bicyclic) bond motifs is 2. The van der Waals surface area contributed by atoms with Crippen LogP contribution in [0, 0.1) is 0 Å². The summed E-state index contributed by atoms with van der Waals surface area (Å²) in [6, 6.07) is 21.8. The topological polar surface area (TPSA) is 80.6 Å². The highest BCUT2D eigenvalue weighted by atomic mass is 16.5. The number of nitrogens with zero attached hydrogens (tertiary/aromatic N) is 2. The van der Waals surface area contributed by atoms with Crippen LogP contribution in [0.1, 0.15) is 13.8 Å². The van der Waals surface area contributed by atoms with Crippen LogP contribution in [0.5, 0.6) is 0 Å². The molecule has 7 nitrogen and oxygen atoms in total. The summed E-state index contributed by atoms with van der Waals surface area (Å²) in [4.78, 5) is 40.0. The van der Waals surface area contributed by atoms with E-state index in [0.29, 0.717) is 27.5 Å².